The quantitative estimate of drug-likeness (QED) is 0.844. The van der Waals surface area contributed by atoms with E-state index < -0.39 is 15.8 Å². The lowest BCUT2D eigenvalue weighted by atomic mass is 10.2. The number of hydrogen-bond donors (Lipinski definition) is 1. The van der Waals surface area contributed by atoms with Crippen molar-refractivity contribution in [2.75, 3.05) is 26.7 Å². The zero-order valence-electron chi connectivity index (χ0n) is 10.9. The maximum atomic E-state index is 13.1. The third-order valence-corrected chi connectivity index (χ3v) is 4.15. The highest BCUT2D eigenvalue weighted by molar-refractivity contribution is 7.89. The number of nitrogens with zero attached hydrogens (tertiary/aromatic N) is 2. The van der Waals surface area contributed by atoms with Crippen LogP contribution in [0, 0.1) is 17.1 Å². The molecule has 0 heterocycles. The van der Waals surface area contributed by atoms with Gasteiger partial charge in [-0.1, -0.05) is 6.92 Å². The summed E-state index contributed by atoms with van der Waals surface area (Å²) >= 11 is 0. The van der Waals surface area contributed by atoms with Gasteiger partial charge in [0, 0.05) is 13.1 Å². The van der Waals surface area contributed by atoms with Crippen LogP contribution in [0.25, 0.3) is 0 Å². The highest BCUT2D eigenvalue weighted by atomic mass is 32.2. The van der Waals surface area contributed by atoms with E-state index in [1.807, 2.05) is 18.9 Å². The fourth-order valence-electron chi connectivity index (χ4n) is 1.37. The van der Waals surface area contributed by atoms with Crippen LogP contribution in [0.2, 0.25) is 0 Å². The van der Waals surface area contributed by atoms with Gasteiger partial charge in [-0.05, 0) is 31.8 Å². The van der Waals surface area contributed by atoms with Crippen LogP contribution >= 0.6 is 0 Å². The van der Waals surface area contributed by atoms with E-state index in [0.717, 1.165) is 24.7 Å². The van der Waals surface area contributed by atoms with E-state index in [4.69, 9.17) is 5.26 Å². The molecule has 0 aliphatic heterocycles. The van der Waals surface area contributed by atoms with E-state index >= 15 is 0 Å². The molecule has 1 N–H and O–H groups in total. The van der Waals surface area contributed by atoms with Crippen molar-refractivity contribution in [2.45, 2.75) is 11.8 Å². The first-order valence-electron chi connectivity index (χ1n) is 5.78. The summed E-state index contributed by atoms with van der Waals surface area (Å²) in [6.45, 7) is 3.61. The third kappa shape index (κ3) is 4.28. The van der Waals surface area contributed by atoms with Crippen LogP contribution in [-0.4, -0.2) is 40.0 Å². The molecular formula is C12H16FN3O2S. The molecular weight excluding hydrogens is 269 g/mol. The van der Waals surface area contributed by atoms with Gasteiger partial charge in [-0.3, -0.25) is 0 Å². The number of halogens is 1. The van der Waals surface area contributed by atoms with Crippen molar-refractivity contribution >= 4 is 10.0 Å². The molecule has 0 aromatic heterocycles. The first-order valence-corrected chi connectivity index (χ1v) is 7.27. The highest BCUT2D eigenvalue weighted by Gasteiger charge is 2.15. The van der Waals surface area contributed by atoms with E-state index in [2.05, 4.69) is 4.72 Å². The summed E-state index contributed by atoms with van der Waals surface area (Å²) < 4.78 is 39.4. The molecule has 5 nitrogen and oxygen atoms in total. The lowest BCUT2D eigenvalue weighted by Gasteiger charge is -2.14. The predicted octanol–water partition coefficient (Wildman–Crippen LogP) is 0.927. The summed E-state index contributed by atoms with van der Waals surface area (Å²) in [5.74, 6) is -0.729. The van der Waals surface area contributed by atoms with Crippen LogP contribution in [0.1, 0.15) is 12.5 Å². The Balaban J connectivity index is 2.81. The van der Waals surface area contributed by atoms with Gasteiger partial charge in [-0.15, -0.1) is 0 Å². The fraction of sp³-hybridized carbons (Fsp3) is 0.417. The first kappa shape index (κ1) is 15.6. The molecule has 0 saturated heterocycles. The second kappa shape index (κ2) is 6.61. The first-order chi connectivity index (χ1) is 8.90. The van der Waals surface area contributed by atoms with E-state index in [-0.39, 0.29) is 17.0 Å². The summed E-state index contributed by atoms with van der Waals surface area (Å²) in [7, 11) is -1.83. The van der Waals surface area contributed by atoms with Gasteiger partial charge >= 0.3 is 0 Å². The minimum absolute atomic E-state index is 0.107. The van der Waals surface area contributed by atoms with Crippen LogP contribution in [0.5, 0.6) is 0 Å². The van der Waals surface area contributed by atoms with Crippen LogP contribution in [0.3, 0.4) is 0 Å². The molecule has 1 aromatic carbocycles. The van der Waals surface area contributed by atoms with Gasteiger partial charge in [0.1, 0.15) is 11.9 Å². The summed E-state index contributed by atoms with van der Waals surface area (Å²) in [4.78, 5) is 1.85. The predicted molar refractivity (Wildman–Crippen MR) is 69.5 cm³/mol. The topological polar surface area (TPSA) is 73.2 Å². The Morgan fingerprint density at radius 3 is 2.74 bits per heavy atom. The molecule has 1 rings (SSSR count). The van der Waals surface area contributed by atoms with Crippen LogP contribution in [-0.2, 0) is 10.0 Å². The van der Waals surface area contributed by atoms with Crippen LogP contribution < -0.4 is 4.72 Å². The molecule has 0 fully saturated rings. The Kier molecular flexibility index (Phi) is 5.42. The van der Waals surface area contributed by atoms with E-state index in [0.29, 0.717) is 6.54 Å². The van der Waals surface area contributed by atoms with Crippen molar-refractivity contribution in [3.05, 3.63) is 29.6 Å². The van der Waals surface area contributed by atoms with Crippen molar-refractivity contribution < 1.29 is 12.8 Å². The van der Waals surface area contributed by atoms with Crippen molar-refractivity contribution in [1.29, 1.82) is 5.26 Å². The molecule has 1 aromatic rings. The Bertz CT molecular complexity index is 581. The molecule has 104 valence electrons. The van der Waals surface area contributed by atoms with Crippen LogP contribution in [0.15, 0.2) is 23.1 Å². The molecule has 0 radical (unpaired) electrons. The van der Waals surface area contributed by atoms with Gasteiger partial charge in [0.15, 0.2) is 0 Å². The van der Waals surface area contributed by atoms with E-state index in [9.17, 15) is 12.8 Å². The Hall–Kier alpha value is -1.49. The molecule has 19 heavy (non-hydrogen) atoms. The minimum Gasteiger partial charge on any atom is -0.305 e. The van der Waals surface area contributed by atoms with Gasteiger partial charge in [0.25, 0.3) is 0 Å². The van der Waals surface area contributed by atoms with Crippen molar-refractivity contribution in [1.82, 2.24) is 9.62 Å². The normalized spacial score (nSPS) is 11.5. The van der Waals surface area contributed by atoms with Crippen molar-refractivity contribution in [3.8, 4) is 6.07 Å². The number of sulfonamides is 1. The summed E-state index contributed by atoms with van der Waals surface area (Å²) in [6, 6.07) is 4.76. The Labute approximate surface area is 112 Å². The summed E-state index contributed by atoms with van der Waals surface area (Å²) in [6.07, 6.45) is 0. The molecule has 0 amide bonds. The largest absolute Gasteiger partial charge is 0.305 e. The summed E-state index contributed by atoms with van der Waals surface area (Å²) in [5.41, 5.74) is -0.284. The number of hydrogen-bond acceptors (Lipinski definition) is 4. The van der Waals surface area contributed by atoms with Gasteiger partial charge in [0.2, 0.25) is 10.0 Å². The number of nitrogens with one attached hydrogen (secondary N) is 1. The van der Waals surface area contributed by atoms with Crippen LogP contribution in [0.4, 0.5) is 4.39 Å². The number of likely N-dealkylation sites (N-methyl/N-ethyl adjacent to an activating group) is 1. The van der Waals surface area contributed by atoms with Gasteiger partial charge in [0.05, 0.1) is 10.5 Å². The Morgan fingerprint density at radius 1 is 1.47 bits per heavy atom. The molecule has 0 spiro atoms. The highest BCUT2D eigenvalue weighted by Crippen LogP contribution is 2.14. The second-order valence-electron chi connectivity index (χ2n) is 4.05. The van der Waals surface area contributed by atoms with Crippen molar-refractivity contribution in [3.63, 3.8) is 0 Å². The van der Waals surface area contributed by atoms with Gasteiger partial charge in [-0.25, -0.2) is 17.5 Å². The third-order valence-electron chi connectivity index (χ3n) is 2.69. The molecule has 0 bridgehead atoms. The molecule has 0 atom stereocenters. The number of rotatable bonds is 6. The molecule has 0 unspecified atom stereocenters. The van der Waals surface area contributed by atoms with Gasteiger partial charge < -0.3 is 4.90 Å². The lowest BCUT2D eigenvalue weighted by molar-refractivity contribution is 0.358. The zero-order chi connectivity index (χ0) is 14.5. The smallest absolute Gasteiger partial charge is 0.240 e. The monoisotopic (exact) mass is 285 g/mol. The minimum atomic E-state index is -3.71. The van der Waals surface area contributed by atoms with Crippen molar-refractivity contribution in [2.24, 2.45) is 0 Å². The second-order valence-corrected chi connectivity index (χ2v) is 5.81. The average molecular weight is 285 g/mol. The average Bonchev–Trinajstić information content (AvgIpc) is 2.38. The standard InChI is InChI=1S/C12H16FN3O2S/c1-3-16(2)7-6-15-19(17,18)11-4-5-12(13)10(8-11)9-14/h4-5,8,15H,3,6-7H2,1-2H3. The molecule has 7 heteroatoms. The molecule has 0 saturated carbocycles. The zero-order valence-corrected chi connectivity index (χ0v) is 11.7. The SMILES string of the molecule is CCN(C)CCNS(=O)(=O)c1ccc(F)c(C#N)c1. The lowest BCUT2D eigenvalue weighted by Crippen LogP contribution is -2.32. The molecule has 0 aliphatic rings. The molecule has 0 aliphatic carbocycles. The fourth-order valence-corrected chi connectivity index (χ4v) is 2.42. The summed E-state index contributed by atoms with van der Waals surface area (Å²) in [5, 5.41) is 8.68. The van der Waals surface area contributed by atoms with Gasteiger partial charge in [-0.2, -0.15) is 5.26 Å². The number of benzene rings is 1. The van der Waals surface area contributed by atoms with E-state index in [1.54, 1.807) is 6.07 Å². The Morgan fingerprint density at radius 2 is 2.16 bits per heavy atom. The maximum Gasteiger partial charge on any atom is 0.240 e. The van der Waals surface area contributed by atoms with E-state index in [1.165, 1.54) is 0 Å². The maximum absolute atomic E-state index is 13.1. The number of nitriles is 1.